The Morgan fingerprint density at radius 2 is 1.92 bits per heavy atom. The average molecular weight is 186 g/mol. The highest BCUT2D eigenvalue weighted by Crippen LogP contribution is 2.19. The highest BCUT2D eigenvalue weighted by Gasteiger charge is 2.17. The number of rotatable bonds is 5. The van der Waals surface area contributed by atoms with E-state index >= 15 is 0 Å². The molecule has 0 aromatic rings. The van der Waals surface area contributed by atoms with Gasteiger partial charge in [0.25, 0.3) is 0 Å². The molecule has 0 bridgehead atoms. The van der Waals surface area contributed by atoms with Crippen molar-refractivity contribution in [3.63, 3.8) is 0 Å². The van der Waals surface area contributed by atoms with Crippen molar-refractivity contribution in [1.29, 1.82) is 0 Å². The first-order chi connectivity index (χ1) is 5.52. The number of allylic oxidation sites excluding steroid dienone is 1. The number of hydrogen-bond acceptors (Lipinski definition) is 1. The van der Waals surface area contributed by atoms with Gasteiger partial charge in [0.1, 0.15) is 0 Å². The minimum atomic E-state index is -1.14. The van der Waals surface area contributed by atoms with E-state index in [0.29, 0.717) is 0 Å². The largest absolute Gasteiger partial charge is 0.392 e. The first-order valence-corrected chi connectivity index (χ1v) is 8.32. The Balaban J connectivity index is 4.15. The topological polar surface area (TPSA) is 20.2 Å². The van der Waals surface area contributed by atoms with Crippen molar-refractivity contribution in [2.24, 2.45) is 0 Å². The molecular weight excluding hydrogens is 164 g/mol. The van der Waals surface area contributed by atoms with Gasteiger partial charge in [-0.25, -0.2) is 0 Å². The van der Waals surface area contributed by atoms with E-state index in [0.717, 1.165) is 0 Å². The highest BCUT2D eigenvalue weighted by atomic mass is 28.3. The van der Waals surface area contributed by atoms with E-state index in [-0.39, 0.29) is 6.61 Å². The van der Waals surface area contributed by atoms with Crippen molar-refractivity contribution >= 4 is 8.07 Å². The Kier molecular flexibility index (Phi) is 5.50. The van der Waals surface area contributed by atoms with E-state index in [1.165, 1.54) is 24.5 Å². The maximum Gasteiger partial charge on any atom is 0.0721 e. The molecule has 0 heterocycles. The van der Waals surface area contributed by atoms with E-state index < -0.39 is 8.07 Å². The van der Waals surface area contributed by atoms with Crippen LogP contribution in [0.25, 0.3) is 0 Å². The van der Waals surface area contributed by atoms with E-state index in [2.05, 4.69) is 26.6 Å². The summed E-state index contributed by atoms with van der Waals surface area (Å²) in [4.78, 5) is 0. The summed E-state index contributed by atoms with van der Waals surface area (Å²) in [6.07, 6.45) is 5.71. The van der Waals surface area contributed by atoms with Crippen molar-refractivity contribution in [2.75, 3.05) is 6.61 Å². The van der Waals surface area contributed by atoms with Crippen LogP contribution in [0.5, 0.6) is 0 Å². The lowest BCUT2D eigenvalue weighted by atomic mass is 10.2. The summed E-state index contributed by atoms with van der Waals surface area (Å²) < 4.78 is 0. The fraction of sp³-hybridized carbons (Fsp3) is 0.800. The maximum absolute atomic E-state index is 8.85. The molecule has 12 heavy (non-hydrogen) atoms. The summed E-state index contributed by atoms with van der Waals surface area (Å²) in [5.74, 6) is 0. The summed E-state index contributed by atoms with van der Waals surface area (Å²) in [6.45, 7) is 9.43. The van der Waals surface area contributed by atoms with Gasteiger partial charge in [-0.3, -0.25) is 0 Å². The molecule has 0 aliphatic heterocycles. The standard InChI is InChI=1S/C10H22OSi/c1-5-6-7-10(8-9-11)12(2,3)4/h8,11H,5-7,9H2,1-4H3/b10-8-. The third-order valence-corrected chi connectivity index (χ3v) is 4.48. The molecule has 0 fully saturated rings. The predicted octanol–water partition coefficient (Wildman–Crippen LogP) is 2.97. The molecule has 0 rings (SSSR count). The Morgan fingerprint density at radius 3 is 2.25 bits per heavy atom. The van der Waals surface area contributed by atoms with E-state index in [1.807, 2.05) is 6.08 Å². The van der Waals surface area contributed by atoms with Crippen LogP contribution in [0, 0.1) is 0 Å². The second-order valence-electron chi connectivity index (χ2n) is 4.27. The predicted molar refractivity (Wildman–Crippen MR) is 58.0 cm³/mol. The van der Waals surface area contributed by atoms with Crippen molar-refractivity contribution in [2.45, 2.75) is 45.8 Å². The number of aliphatic hydroxyl groups excluding tert-OH is 1. The van der Waals surface area contributed by atoms with Crippen LogP contribution < -0.4 is 0 Å². The van der Waals surface area contributed by atoms with Gasteiger partial charge in [-0.1, -0.05) is 50.7 Å². The lowest BCUT2D eigenvalue weighted by Crippen LogP contribution is -2.24. The maximum atomic E-state index is 8.85. The van der Waals surface area contributed by atoms with Crippen LogP contribution >= 0.6 is 0 Å². The molecule has 0 amide bonds. The summed E-state index contributed by atoms with van der Waals surface area (Å²) in [5, 5.41) is 10.4. The van der Waals surface area contributed by atoms with Crippen LogP contribution in [0.4, 0.5) is 0 Å². The molecule has 1 N–H and O–H groups in total. The van der Waals surface area contributed by atoms with Crippen molar-refractivity contribution in [1.82, 2.24) is 0 Å². The molecule has 0 spiro atoms. The molecule has 0 radical (unpaired) electrons. The van der Waals surface area contributed by atoms with Crippen LogP contribution in [-0.2, 0) is 0 Å². The lowest BCUT2D eigenvalue weighted by molar-refractivity contribution is 0.342. The first kappa shape index (κ1) is 11.9. The van der Waals surface area contributed by atoms with Gasteiger partial charge in [0, 0.05) is 0 Å². The Hall–Kier alpha value is -0.0831. The number of unbranched alkanes of at least 4 members (excludes halogenated alkanes) is 1. The molecule has 0 aliphatic rings. The zero-order valence-corrected chi connectivity index (χ0v) is 9.85. The third kappa shape index (κ3) is 4.73. The molecule has 0 saturated heterocycles. The van der Waals surface area contributed by atoms with Gasteiger partial charge in [-0.05, 0) is 6.42 Å². The van der Waals surface area contributed by atoms with Gasteiger partial charge in [-0.15, -0.1) is 0 Å². The minimum absolute atomic E-state index is 0.212. The zero-order chi connectivity index (χ0) is 9.61. The fourth-order valence-electron chi connectivity index (χ4n) is 1.26. The second kappa shape index (κ2) is 5.54. The van der Waals surface area contributed by atoms with Gasteiger partial charge in [0.15, 0.2) is 0 Å². The van der Waals surface area contributed by atoms with Gasteiger partial charge in [0.05, 0.1) is 14.7 Å². The van der Waals surface area contributed by atoms with E-state index in [1.54, 1.807) is 0 Å². The van der Waals surface area contributed by atoms with Crippen LogP contribution in [0.3, 0.4) is 0 Å². The smallest absolute Gasteiger partial charge is 0.0721 e. The molecule has 0 unspecified atom stereocenters. The molecule has 0 aliphatic carbocycles. The molecule has 1 nitrogen and oxygen atoms in total. The van der Waals surface area contributed by atoms with Gasteiger partial charge in [-0.2, -0.15) is 0 Å². The summed E-state index contributed by atoms with van der Waals surface area (Å²) in [5.41, 5.74) is 0. The second-order valence-corrected chi connectivity index (χ2v) is 9.41. The van der Waals surface area contributed by atoms with Gasteiger partial charge in [0.2, 0.25) is 0 Å². The minimum Gasteiger partial charge on any atom is -0.392 e. The normalized spacial score (nSPS) is 13.6. The van der Waals surface area contributed by atoms with Crippen LogP contribution in [0.15, 0.2) is 11.3 Å². The highest BCUT2D eigenvalue weighted by molar-refractivity contribution is 6.83. The van der Waals surface area contributed by atoms with Crippen LogP contribution in [-0.4, -0.2) is 19.8 Å². The number of hydrogen-bond donors (Lipinski definition) is 1. The summed E-state index contributed by atoms with van der Waals surface area (Å²) in [7, 11) is -1.14. The van der Waals surface area contributed by atoms with Gasteiger partial charge >= 0.3 is 0 Å². The third-order valence-electron chi connectivity index (χ3n) is 2.10. The average Bonchev–Trinajstić information content (AvgIpc) is 1.95. The Labute approximate surface area is 77.5 Å². The Bertz CT molecular complexity index is 144. The molecule has 0 atom stereocenters. The van der Waals surface area contributed by atoms with Crippen LogP contribution in [0.2, 0.25) is 19.6 Å². The molecule has 0 aromatic carbocycles. The molecule has 2 heteroatoms. The quantitative estimate of drug-likeness (QED) is 0.655. The first-order valence-electron chi connectivity index (χ1n) is 4.82. The molecule has 72 valence electrons. The Morgan fingerprint density at radius 1 is 1.33 bits per heavy atom. The van der Waals surface area contributed by atoms with Crippen LogP contribution in [0.1, 0.15) is 26.2 Å². The fourth-order valence-corrected chi connectivity index (χ4v) is 2.89. The van der Waals surface area contributed by atoms with Crippen molar-refractivity contribution in [3.8, 4) is 0 Å². The monoisotopic (exact) mass is 186 g/mol. The number of aliphatic hydroxyl groups is 1. The SMILES string of the molecule is CCCC/C(=C/CO)[Si](C)(C)C. The summed E-state index contributed by atoms with van der Waals surface area (Å²) >= 11 is 0. The van der Waals surface area contributed by atoms with Crippen molar-refractivity contribution in [3.05, 3.63) is 11.3 Å². The molecule has 0 aromatic heterocycles. The summed E-state index contributed by atoms with van der Waals surface area (Å²) in [6, 6.07) is 0. The van der Waals surface area contributed by atoms with Crippen molar-refractivity contribution < 1.29 is 5.11 Å². The molecule has 0 saturated carbocycles. The zero-order valence-electron chi connectivity index (χ0n) is 8.85. The van der Waals surface area contributed by atoms with Gasteiger partial charge < -0.3 is 5.11 Å². The van der Waals surface area contributed by atoms with E-state index in [4.69, 9.17) is 5.11 Å². The molecular formula is C10H22OSi. The van der Waals surface area contributed by atoms with E-state index in [9.17, 15) is 0 Å². The lowest BCUT2D eigenvalue weighted by Gasteiger charge is -2.20.